The lowest BCUT2D eigenvalue weighted by Gasteiger charge is -2.47. The molecule has 5 atom stereocenters. The minimum absolute atomic E-state index is 0.312. The Bertz CT molecular complexity index is 671. The van der Waals surface area contributed by atoms with E-state index in [0.29, 0.717) is 29.8 Å². The van der Waals surface area contributed by atoms with Crippen LogP contribution in [-0.4, -0.2) is 107 Å². The minimum atomic E-state index is -1.69. The van der Waals surface area contributed by atoms with Gasteiger partial charge in [-0.05, 0) is 58.8 Å². The molecule has 0 spiro atoms. The van der Waals surface area contributed by atoms with E-state index in [1.165, 1.54) is 38.5 Å². The van der Waals surface area contributed by atoms with Crippen molar-refractivity contribution < 1.29 is 18.3 Å². The predicted molar refractivity (Wildman–Crippen MR) is 171 cm³/mol. The monoisotopic (exact) mass is 602 g/mol. The standard InChI is InChI=1S/C28H62N2O4Si4/c1-12-31-27(35(4)5)29-20-25(33-37(8,9)22-29)19-17-15-14-16-18-24(3)26-21-30(23-38(10,11)34-26)28(32-13-2)36(6)7/h24-28H,12-23H2,1-11H3. The molecule has 2 radical (unpaired) electrons. The summed E-state index contributed by atoms with van der Waals surface area (Å²) in [5, 5.41) is 0. The smallest absolute Gasteiger partial charge is 0.201 e. The lowest BCUT2D eigenvalue weighted by molar-refractivity contribution is -0.0416. The molecule has 38 heavy (non-hydrogen) atoms. The zero-order chi connectivity index (χ0) is 28.5. The van der Waals surface area contributed by atoms with Crippen LogP contribution < -0.4 is 0 Å². The van der Waals surface area contributed by atoms with Crippen molar-refractivity contribution in [3.8, 4) is 0 Å². The van der Waals surface area contributed by atoms with E-state index >= 15 is 0 Å². The summed E-state index contributed by atoms with van der Waals surface area (Å²) in [4.78, 5) is 5.28. The molecule has 5 unspecified atom stereocenters. The lowest BCUT2D eigenvalue weighted by Crippen LogP contribution is -2.62. The largest absolute Gasteiger partial charge is 0.412 e. The second-order valence-electron chi connectivity index (χ2n) is 13.5. The second kappa shape index (κ2) is 16.3. The summed E-state index contributed by atoms with van der Waals surface area (Å²) in [5.74, 6) is 1.24. The fraction of sp³-hybridized carbons (Fsp3) is 1.00. The maximum absolute atomic E-state index is 6.74. The average Bonchev–Trinajstić information content (AvgIpc) is 2.80. The third-order valence-electron chi connectivity index (χ3n) is 7.85. The summed E-state index contributed by atoms with van der Waals surface area (Å²) in [5.41, 5.74) is 0. The first-order chi connectivity index (χ1) is 17.8. The van der Waals surface area contributed by atoms with Gasteiger partial charge in [-0.15, -0.1) is 0 Å². The molecule has 0 aromatic carbocycles. The molecule has 0 saturated carbocycles. The van der Waals surface area contributed by atoms with Crippen LogP contribution in [0.15, 0.2) is 0 Å². The maximum Gasteiger partial charge on any atom is 0.201 e. The lowest BCUT2D eigenvalue weighted by atomic mass is 9.96. The molecule has 6 nitrogen and oxygen atoms in total. The summed E-state index contributed by atoms with van der Waals surface area (Å²) in [7, 11) is -4.42. The third kappa shape index (κ3) is 11.5. The molecule has 224 valence electrons. The molecule has 2 aliphatic rings. The Labute approximate surface area is 242 Å². The molecule has 2 saturated heterocycles. The van der Waals surface area contributed by atoms with Crippen molar-refractivity contribution in [1.82, 2.24) is 9.80 Å². The predicted octanol–water partition coefficient (Wildman–Crippen LogP) is 6.17. The molecule has 0 N–H and O–H groups in total. The van der Waals surface area contributed by atoms with Gasteiger partial charge in [0, 0.05) is 38.6 Å². The maximum atomic E-state index is 6.74. The number of unbranched alkanes of at least 4 members (excludes halogenated alkanes) is 3. The van der Waals surface area contributed by atoms with E-state index in [0.717, 1.165) is 38.6 Å². The van der Waals surface area contributed by atoms with Crippen molar-refractivity contribution in [2.24, 2.45) is 5.92 Å². The van der Waals surface area contributed by atoms with Crippen LogP contribution in [0, 0.1) is 5.92 Å². The SMILES string of the molecule is CCOC(N1CC(CCCCCCC(C)C2CN(C(OCC)[Si](C)C)C[Si](C)(C)O2)O[Si](C)(C)C1)[Si](C)C. The van der Waals surface area contributed by atoms with Crippen LogP contribution in [-0.2, 0) is 18.3 Å². The van der Waals surface area contributed by atoms with E-state index in [1.807, 2.05) is 0 Å². The average molecular weight is 603 g/mol. The summed E-state index contributed by atoms with van der Waals surface area (Å²) in [6.45, 7) is 29.4. The molecule has 0 aromatic rings. The quantitative estimate of drug-likeness (QED) is 0.156. The Morgan fingerprint density at radius 1 is 0.763 bits per heavy atom. The molecular formula is C28H62N2O4Si4. The molecule has 0 bridgehead atoms. The zero-order valence-electron chi connectivity index (χ0n) is 26.9. The zero-order valence-corrected chi connectivity index (χ0v) is 30.9. The first-order valence-electron chi connectivity index (χ1n) is 15.5. The van der Waals surface area contributed by atoms with Crippen molar-refractivity contribution in [2.75, 3.05) is 38.6 Å². The van der Waals surface area contributed by atoms with Crippen LogP contribution in [0.25, 0.3) is 0 Å². The summed E-state index contributed by atoms with van der Waals surface area (Å²) in [6.07, 6.45) is 10.6. The van der Waals surface area contributed by atoms with Gasteiger partial charge in [-0.25, -0.2) is 0 Å². The number of hydrogen-bond donors (Lipinski definition) is 0. The first-order valence-corrected chi connectivity index (χ1v) is 26.8. The molecule has 2 aliphatic heterocycles. The van der Waals surface area contributed by atoms with Crippen molar-refractivity contribution in [1.29, 1.82) is 0 Å². The Balaban J connectivity index is 1.77. The van der Waals surface area contributed by atoms with Gasteiger partial charge in [0.15, 0.2) is 0 Å². The fourth-order valence-electron chi connectivity index (χ4n) is 6.38. The summed E-state index contributed by atoms with van der Waals surface area (Å²) in [6, 6.07) is 0. The van der Waals surface area contributed by atoms with E-state index in [9.17, 15) is 0 Å². The van der Waals surface area contributed by atoms with Crippen molar-refractivity contribution >= 4 is 34.2 Å². The molecule has 2 rings (SSSR count). The van der Waals surface area contributed by atoms with Crippen LogP contribution in [0.4, 0.5) is 0 Å². The van der Waals surface area contributed by atoms with Gasteiger partial charge in [0.25, 0.3) is 0 Å². The molecule has 10 heteroatoms. The minimum Gasteiger partial charge on any atom is -0.412 e. The van der Waals surface area contributed by atoms with Gasteiger partial charge in [-0.2, -0.15) is 0 Å². The van der Waals surface area contributed by atoms with E-state index in [2.05, 4.69) is 82.9 Å². The molecule has 0 amide bonds. The second-order valence-corrected chi connectivity index (χ2v) is 27.0. The van der Waals surface area contributed by atoms with Crippen LogP contribution in [0.2, 0.25) is 52.4 Å². The highest BCUT2D eigenvalue weighted by Gasteiger charge is 2.41. The first kappa shape index (κ1) is 34.8. The van der Waals surface area contributed by atoms with Crippen molar-refractivity contribution in [3.63, 3.8) is 0 Å². The number of rotatable bonds is 16. The van der Waals surface area contributed by atoms with Crippen LogP contribution >= 0.6 is 0 Å². The fourth-order valence-corrected chi connectivity index (χ4v) is 14.5. The number of nitrogens with zero attached hydrogens (tertiary/aromatic N) is 2. The normalized spacial score (nSPS) is 27.1. The van der Waals surface area contributed by atoms with E-state index in [-0.39, 0.29) is 0 Å². The van der Waals surface area contributed by atoms with E-state index < -0.39 is 34.2 Å². The molecule has 2 fully saturated rings. The molecular weight excluding hydrogens is 541 g/mol. The molecule has 2 heterocycles. The molecule has 0 aromatic heterocycles. The van der Waals surface area contributed by atoms with Crippen LogP contribution in [0.1, 0.15) is 59.3 Å². The highest BCUT2D eigenvalue weighted by molar-refractivity contribution is 6.72. The summed E-state index contributed by atoms with van der Waals surface area (Å²) < 4.78 is 25.8. The molecule has 0 aliphatic carbocycles. The van der Waals surface area contributed by atoms with Crippen LogP contribution in [0.3, 0.4) is 0 Å². The number of ether oxygens (including phenoxy) is 2. The third-order valence-corrected chi connectivity index (χ3v) is 15.1. The Morgan fingerprint density at radius 3 is 1.79 bits per heavy atom. The van der Waals surface area contributed by atoms with Gasteiger partial charge >= 0.3 is 0 Å². The highest BCUT2D eigenvalue weighted by atomic mass is 28.4. The Kier molecular flexibility index (Phi) is 15.0. The topological polar surface area (TPSA) is 43.4 Å². The van der Waals surface area contributed by atoms with Gasteiger partial charge in [0.1, 0.15) is 0 Å². The highest BCUT2D eigenvalue weighted by Crippen LogP contribution is 2.28. The van der Waals surface area contributed by atoms with Gasteiger partial charge in [0.2, 0.25) is 16.6 Å². The van der Waals surface area contributed by atoms with Gasteiger partial charge in [0.05, 0.1) is 41.5 Å². The van der Waals surface area contributed by atoms with Crippen molar-refractivity contribution in [3.05, 3.63) is 0 Å². The van der Waals surface area contributed by atoms with E-state index in [4.69, 9.17) is 18.3 Å². The van der Waals surface area contributed by atoms with Gasteiger partial charge in [-0.1, -0.05) is 58.8 Å². The summed E-state index contributed by atoms with van der Waals surface area (Å²) >= 11 is 0. The van der Waals surface area contributed by atoms with Gasteiger partial charge < -0.3 is 18.3 Å². The number of hydrogen-bond acceptors (Lipinski definition) is 6. The van der Waals surface area contributed by atoms with E-state index in [1.54, 1.807) is 0 Å². The van der Waals surface area contributed by atoms with Crippen molar-refractivity contribution in [2.45, 2.75) is 136 Å². The van der Waals surface area contributed by atoms with Gasteiger partial charge in [-0.3, -0.25) is 9.80 Å². The Hall–Kier alpha value is 0.628. The van der Waals surface area contributed by atoms with Crippen LogP contribution in [0.5, 0.6) is 0 Å². The Morgan fingerprint density at radius 2 is 1.26 bits per heavy atom.